The molecule has 1 heterocycles. The molecular weight excluding hydrogens is 310 g/mol. The Bertz CT molecular complexity index is 650. The van der Waals surface area contributed by atoms with Crippen LogP contribution in [0.1, 0.15) is 29.8 Å². The predicted octanol–water partition coefficient (Wildman–Crippen LogP) is 2.75. The smallest absolute Gasteiger partial charge is 0.191 e. The number of rotatable bonds is 7. The lowest BCUT2D eigenvalue weighted by molar-refractivity contribution is 0.298. The van der Waals surface area contributed by atoms with E-state index in [1.165, 1.54) is 11.1 Å². The normalized spacial score (nSPS) is 12.9. The van der Waals surface area contributed by atoms with Crippen LogP contribution < -0.4 is 10.6 Å². The number of hydrogen-bond acceptors (Lipinski definition) is 3. The van der Waals surface area contributed by atoms with Gasteiger partial charge in [-0.05, 0) is 45.6 Å². The van der Waals surface area contributed by atoms with Crippen molar-refractivity contribution in [2.24, 2.45) is 4.99 Å². The molecule has 0 fully saturated rings. The molecule has 1 aromatic carbocycles. The minimum absolute atomic E-state index is 0.277. The quantitative estimate of drug-likeness (QED) is 0.602. The van der Waals surface area contributed by atoms with Crippen molar-refractivity contribution in [3.05, 3.63) is 65.5 Å². The van der Waals surface area contributed by atoms with Gasteiger partial charge in [-0.25, -0.2) is 4.99 Å². The first-order valence-corrected chi connectivity index (χ1v) is 8.75. The largest absolute Gasteiger partial charge is 0.357 e. The SMILES string of the molecule is CCNC(=NCc1ccccn1)NCC(c1ccc(C)cc1)N(C)C. The second-order valence-corrected chi connectivity index (χ2v) is 6.29. The average molecular weight is 339 g/mol. The molecule has 1 atom stereocenters. The highest BCUT2D eigenvalue weighted by Gasteiger charge is 2.14. The van der Waals surface area contributed by atoms with Crippen molar-refractivity contribution in [3.63, 3.8) is 0 Å². The van der Waals surface area contributed by atoms with Gasteiger partial charge in [-0.15, -0.1) is 0 Å². The van der Waals surface area contributed by atoms with Crippen molar-refractivity contribution in [2.45, 2.75) is 26.4 Å². The van der Waals surface area contributed by atoms with Gasteiger partial charge in [-0.1, -0.05) is 35.9 Å². The van der Waals surface area contributed by atoms with Crippen LogP contribution in [-0.4, -0.2) is 43.0 Å². The molecule has 0 amide bonds. The van der Waals surface area contributed by atoms with Crippen molar-refractivity contribution in [1.29, 1.82) is 0 Å². The van der Waals surface area contributed by atoms with Crippen LogP contribution in [0.3, 0.4) is 0 Å². The second-order valence-electron chi connectivity index (χ2n) is 6.29. The first kappa shape index (κ1) is 18.9. The molecule has 0 saturated heterocycles. The summed E-state index contributed by atoms with van der Waals surface area (Å²) in [5, 5.41) is 6.76. The number of aryl methyl sites for hydroxylation is 1. The lowest BCUT2D eigenvalue weighted by atomic mass is 10.0. The van der Waals surface area contributed by atoms with E-state index in [9.17, 15) is 0 Å². The van der Waals surface area contributed by atoms with Gasteiger partial charge in [-0.3, -0.25) is 4.98 Å². The van der Waals surface area contributed by atoms with Crippen LogP contribution in [0.2, 0.25) is 0 Å². The van der Waals surface area contributed by atoms with E-state index in [4.69, 9.17) is 0 Å². The Hall–Kier alpha value is -2.40. The number of nitrogens with one attached hydrogen (secondary N) is 2. The number of aliphatic imine (C=N–C) groups is 1. The second kappa shape index (κ2) is 9.79. The number of aromatic nitrogens is 1. The summed E-state index contributed by atoms with van der Waals surface area (Å²) in [6.45, 7) is 6.35. The number of nitrogens with zero attached hydrogens (tertiary/aromatic N) is 3. The Morgan fingerprint density at radius 3 is 2.48 bits per heavy atom. The van der Waals surface area contributed by atoms with Gasteiger partial charge in [0.2, 0.25) is 0 Å². The van der Waals surface area contributed by atoms with E-state index in [-0.39, 0.29) is 6.04 Å². The van der Waals surface area contributed by atoms with E-state index >= 15 is 0 Å². The summed E-state index contributed by atoms with van der Waals surface area (Å²) in [6.07, 6.45) is 1.80. The zero-order valence-corrected chi connectivity index (χ0v) is 15.7. The molecule has 5 heteroatoms. The first-order valence-electron chi connectivity index (χ1n) is 8.75. The third kappa shape index (κ3) is 6.19. The average Bonchev–Trinajstić information content (AvgIpc) is 2.62. The van der Waals surface area contributed by atoms with Crippen LogP contribution in [0.25, 0.3) is 0 Å². The number of benzene rings is 1. The fourth-order valence-electron chi connectivity index (χ4n) is 2.57. The fraction of sp³-hybridized carbons (Fsp3) is 0.400. The van der Waals surface area contributed by atoms with Crippen LogP contribution in [0.15, 0.2) is 53.7 Å². The molecule has 2 aromatic rings. The molecule has 1 unspecified atom stereocenters. The third-order valence-corrected chi connectivity index (χ3v) is 4.02. The van der Waals surface area contributed by atoms with Gasteiger partial charge in [-0.2, -0.15) is 0 Å². The summed E-state index contributed by atoms with van der Waals surface area (Å²) < 4.78 is 0. The van der Waals surface area contributed by atoms with Gasteiger partial charge in [0, 0.05) is 19.3 Å². The monoisotopic (exact) mass is 339 g/mol. The molecule has 25 heavy (non-hydrogen) atoms. The zero-order valence-electron chi connectivity index (χ0n) is 15.7. The number of likely N-dealkylation sites (N-methyl/N-ethyl adjacent to an activating group) is 1. The molecule has 0 bridgehead atoms. The Morgan fingerprint density at radius 2 is 1.88 bits per heavy atom. The van der Waals surface area contributed by atoms with Crippen LogP contribution >= 0.6 is 0 Å². The first-order chi connectivity index (χ1) is 12.1. The van der Waals surface area contributed by atoms with Crippen LogP contribution in [0, 0.1) is 6.92 Å². The lowest BCUT2D eigenvalue weighted by Crippen LogP contribution is -2.41. The maximum atomic E-state index is 4.64. The van der Waals surface area contributed by atoms with Crippen LogP contribution in [0.5, 0.6) is 0 Å². The van der Waals surface area contributed by atoms with Gasteiger partial charge in [0.25, 0.3) is 0 Å². The van der Waals surface area contributed by atoms with E-state index in [0.29, 0.717) is 6.54 Å². The summed E-state index contributed by atoms with van der Waals surface area (Å²) in [7, 11) is 4.20. The lowest BCUT2D eigenvalue weighted by Gasteiger charge is -2.26. The molecule has 0 spiro atoms. The summed E-state index contributed by atoms with van der Waals surface area (Å²) in [4.78, 5) is 11.2. The van der Waals surface area contributed by atoms with E-state index in [1.54, 1.807) is 6.20 Å². The highest BCUT2D eigenvalue weighted by Crippen LogP contribution is 2.17. The summed E-state index contributed by atoms with van der Waals surface area (Å²) in [5.74, 6) is 0.812. The van der Waals surface area contributed by atoms with Crippen LogP contribution in [0.4, 0.5) is 0 Å². The van der Waals surface area contributed by atoms with Gasteiger partial charge in [0.1, 0.15) is 0 Å². The molecule has 0 radical (unpaired) electrons. The summed E-state index contributed by atoms with van der Waals surface area (Å²) >= 11 is 0. The van der Waals surface area contributed by atoms with Crippen molar-refractivity contribution < 1.29 is 0 Å². The van der Waals surface area contributed by atoms with Crippen molar-refractivity contribution in [3.8, 4) is 0 Å². The number of pyridine rings is 1. The maximum absolute atomic E-state index is 4.64. The van der Waals surface area contributed by atoms with E-state index in [2.05, 4.69) is 77.7 Å². The van der Waals surface area contributed by atoms with Crippen LogP contribution in [-0.2, 0) is 6.54 Å². The fourth-order valence-corrected chi connectivity index (χ4v) is 2.57. The highest BCUT2D eigenvalue weighted by molar-refractivity contribution is 5.79. The van der Waals surface area contributed by atoms with Gasteiger partial charge < -0.3 is 15.5 Å². The molecule has 2 rings (SSSR count). The molecule has 0 saturated carbocycles. The minimum atomic E-state index is 0.277. The molecule has 0 aliphatic rings. The van der Waals surface area contributed by atoms with Crippen molar-refractivity contribution >= 4 is 5.96 Å². The van der Waals surface area contributed by atoms with Gasteiger partial charge >= 0.3 is 0 Å². The number of hydrogen-bond donors (Lipinski definition) is 2. The molecule has 0 aliphatic heterocycles. The molecule has 5 nitrogen and oxygen atoms in total. The summed E-state index contributed by atoms with van der Waals surface area (Å²) in [6, 6.07) is 14.9. The zero-order chi connectivity index (χ0) is 18.1. The van der Waals surface area contributed by atoms with E-state index in [0.717, 1.165) is 24.7 Å². The molecule has 134 valence electrons. The third-order valence-electron chi connectivity index (χ3n) is 4.02. The Labute approximate surface area is 151 Å². The minimum Gasteiger partial charge on any atom is -0.357 e. The Morgan fingerprint density at radius 1 is 1.12 bits per heavy atom. The maximum Gasteiger partial charge on any atom is 0.191 e. The van der Waals surface area contributed by atoms with Gasteiger partial charge in [0.05, 0.1) is 18.3 Å². The summed E-state index contributed by atoms with van der Waals surface area (Å²) in [5.41, 5.74) is 3.53. The Balaban J connectivity index is 2.03. The number of guanidine groups is 1. The molecule has 0 aliphatic carbocycles. The van der Waals surface area contributed by atoms with Crippen molar-refractivity contribution in [2.75, 3.05) is 27.2 Å². The molecular formula is C20H29N5. The van der Waals surface area contributed by atoms with Crippen molar-refractivity contribution in [1.82, 2.24) is 20.5 Å². The highest BCUT2D eigenvalue weighted by atomic mass is 15.2. The van der Waals surface area contributed by atoms with E-state index < -0.39 is 0 Å². The Kier molecular flexibility index (Phi) is 7.41. The predicted molar refractivity (Wildman–Crippen MR) is 105 cm³/mol. The molecule has 1 aromatic heterocycles. The molecule has 2 N–H and O–H groups in total. The van der Waals surface area contributed by atoms with E-state index in [1.807, 2.05) is 18.2 Å². The van der Waals surface area contributed by atoms with Gasteiger partial charge in [0.15, 0.2) is 5.96 Å². The topological polar surface area (TPSA) is 52.6 Å². The standard InChI is InChI=1S/C20H29N5/c1-5-21-20(23-14-18-8-6-7-13-22-18)24-15-19(25(3)4)17-11-9-16(2)10-12-17/h6-13,19H,5,14-15H2,1-4H3,(H2,21,23,24).